The molecule has 2 saturated heterocycles. The van der Waals surface area contributed by atoms with Crippen LogP contribution in [0, 0.1) is 12.3 Å². The summed E-state index contributed by atoms with van der Waals surface area (Å²) in [6.07, 6.45) is 11.8. The quantitative estimate of drug-likeness (QED) is 0.0189. The lowest BCUT2D eigenvalue weighted by molar-refractivity contribution is -0.459. The first kappa shape index (κ1) is 50.2. The molecule has 2 aliphatic heterocycles. The molecule has 2 amide bonds. The van der Waals surface area contributed by atoms with Gasteiger partial charge in [-0.2, -0.15) is 15.0 Å². The van der Waals surface area contributed by atoms with E-state index >= 15 is 0 Å². The maximum atomic E-state index is 13.8. The second-order valence-electron chi connectivity index (χ2n) is 14.9. The summed E-state index contributed by atoms with van der Waals surface area (Å²) in [6, 6.07) is -0.898. The van der Waals surface area contributed by atoms with Crippen LogP contribution in [-0.4, -0.2) is 195 Å². The Balaban J connectivity index is 0.00000871. The van der Waals surface area contributed by atoms with Gasteiger partial charge in [0.2, 0.25) is 29.7 Å². The first-order chi connectivity index (χ1) is 30.1. The number of aliphatic hydroxyl groups excluding tert-OH is 1. The van der Waals surface area contributed by atoms with Crippen molar-refractivity contribution in [1.82, 2.24) is 54.7 Å². The van der Waals surface area contributed by atoms with E-state index in [9.17, 15) is 14.7 Å². The van der Waals surface area contributed by atoms with Gasteiger partial charge in [-0.3, -0.25) is 26.0 Å². The molecule has 2 atom stereocenters. The Bertz CT molecular complexity index is 1890. The van der Waals surface area contributed by atoms with Crippen LogP contribution in [0.5, 0.6) is 0 Å². The fourth-order valence-electron chi connectivity index (χ4n) is 6.85. The molecule has 25 heteroatoms. The van der Waals surface area contributed by atoms with Crippen molar-refractivity contribution < 1.29 is 52.0 Å². The molecule has 0 bridgehead atoms. The molecular weight excluding hydrogens is 840 g/mol. The average Bonchev–Trinajstić information content (AvgIpc) is 3.93. The number of rotatable bonds is 26. The predicted octanol–water partition coefficient (Wildman–Crippen LogP) is -8.38. The molecule has 10 N–H and O–H groups in total. The van der Waals surface area contributed by atoms with Crippen LogP contribution in [0.2, 0.25) is 0 Å². The van der Waals surface area contributed by atoms with Gasteiger partial charge in [-0.1, -0.05) is 16.3 Å². The van der Waals surface area contributed by atoms with E-state index in [4.69, 9.17) is 47.1 Å². The summed E-state index contributed by atoms with van der Waals surface area (Å²) in [4.78, 5) is 52.0. The van der Waals surface area contributed by atoms with Gasteiger partial charge in [0.05, 0.1) is 63.6 Å². The van der Waals surface area contributed by atoms with Gasteiger partial charge in [-0.25, -0.2) is 9.36 Å². The molecule has 5 heterocycles. The molecule has 2 unspecified atom stereocenters. The zero-order chi connectivity index (χ0) is 44.1. The van der Waals surface area contributed by atoms with Crippen molar-refractivity contribution in [2.75, 3.05) is 127 Å². The second kappa shape index (κ2) is 26.9. The van der Waals surface area contributed by atoms with E-state index in [1.54, 1.807) is 33.8 Å². The van der Waals surface area contributed by atoms with Crippen molar-refractivity contribution in [3.05, 3.63) is 23.8 Å². The van der Waals surface area contributed by atoms with Gasteiger partial charge < -0.3 is 62.4 Å². The highest BCUT2D eigenvalue weighted by Crippen LogP contribution is 2.22. The van der Waals surface area contributed by atoms with Crippen LogP contribution in [0.3, 0.4) is 0 Å². The highest BCUT2D eigenvalue weighted by Gasteiger charge is 2.34. The number of carbonyl (C=O) groups is 2. The molecule has 3 aromatic heterocycles. The summed E-state index contributed by atoms with van der Waals surface area (Å²) in [5.41, 5.74) is 16.3. The topological polar surface area (TPSA) is 301 Å². The van der Waals surface area contributed by atoms with Gasteiger partial charge in [0.15, 0.2) is 6.04 Å². The molecular formula is C38H64ClN18O6+. The summed E-state index contributed by atoms with van der Waals surface area (Å²) in [7, 11) is 0. The lowest BCUT2D eigenvalue weighted by Crippen LogP contribution is -3.00. The Morgan fingerprint density at radius 1 is 0.857 bits per heavy atom. The van der Waals surface area contributed by atoms with Gasteiger partial charge in [0.25, 0.3) is 0 Å². The lowest BCUT2D eigenvalue weighted by Gasteiger charge is -2.37. The Morgan fingerprint density at radius 3 is 2.10 bits per heavy atom. The number of quaternary nitrogens is 1. The molecule has 0 aliphatic carbocycles. The number of carbonyl (C=O) groups excluding carboxylic acids is 2. The van der Waals surface area contributed by atoms with Gasteiger partial charge in [0.1, 0.15) is 13.2 Å². The first-order valence-electron chi connectivity index (χ1n) is 21.3. The summed E-state index contributed by atoms with van der Waals surface area (Å²) in [5, 5.41) is 30.7. The molecule has 5 rings (SSSR count). The summed E-state index contributed by atoms with van der Waals surface area (Å²) in [5.74, 6) is 3.61. The number of ether oxygens (including phenoxy) is 3. The zero-order valence-corrected chi connectivity index (χ0v) is 36.9. The van der Waals surface area contributed by atoms with E-state index < -0.39 is 12.1 Å². The van der Waals surface area contributed by atoms with Crippen LogP contribution < -0.4 is 49.7 Å². The van der Waals surface area contributed by atoms with Crippen LogP contribution in [0.25, 0.3) is 0 Å². The molecule has 0 spiro atoms. The number of nitrogens with two attached hydrogens (primary N) is 2. The Morgan fingerprint density at radius 2 is 1.46 bits per heavy atom. The number of unbranched alkanes of at least 4 members (excludes halogenated alkanes) is 1. The average molecular weight is 905 g/mol. The minimum atomic E-state index is -0.976. The monoisotopic (exact) mass is 903 g/mol. The van der Waals surface area contributed by atoms with Crippen molar-refractivity contribution >= 4 is 35.6 Å². The minimum Gasteiger partial charge on any atom is -1.00 e. The van der Waals surface area contributed by atoms with Crippen LogP contribution in [0.15, 0.2) is 12.4 Å². The van der Waals surface area contributed by atoms with Crippen molar-refractivity contribution in [2.24, 2.45) is 11.5 Å². The molecule has 63 heavy (non-hydrogen) atoms. The molecule has 2 aliphatic rings. The largest absolute Gasteiger partial charge is 1.00 e. The number of aromatic nitrogens is 9. The number of aryl methyl sites for hydroxylation is 2. The first-order valence-corrected chi connectivity index (χ1v) is 21.3. The number of terminal acetylenes is 1. The van der Waals surface area contributed by atoms with Crippen molar-refractivity contribution in [1.29, 1.82) is 0 Å². The van der Waals surface area contributed by atoms with Crippen molar-refractivity contribution in [3.63, 3.8) is 0 Å². The van der Waals surface area contributed by atoms with Crippen LogP contribution in [-0.2, 0) is 43.2 Å². The van der Waals surface area contributed by atoms with Crippen molar-refractivity contribution in [2.45, 2.75) is 57.7 Å². The standard InChI is InChI=1S/C38H62N18O6.ClH/c1-3-20-60-22-24-62-25-23-61-21-11-43-36-44-37(53-16-12-51(13-17-53)32(58)28-55-26-30(47-49-55)8-6-10-42-35(40)41)46-38(45-36)54-18-14-52(15-19-54)34(59)33(29(2)57)56-27-31(48-50-56)7-4-5-9-39;/h1,26-27,29,33,57H,4-25,28,39H2,2H3,(H4,40,41,42)(H,43,44,45,46);1H/p+1. The van der Waals surface area contributed by atoms with E-state index in [0.29, 0.717) is 123 Å². The number of nitrogens with one attached hydrogen (secondary N) is 2. The molecule has 0 radical (unpaired) electrons. The highest BCUT2D eigenvalue weighted by atomic mass is 35.5. The van der Waals surface area contributed by atoms with E-state index in [-0.39, 0.29) is 43.3 Å². The Labute approximate surface area is 373 Å². The van der Waals surface area contributed by atoms with E-state index in [1.807, 2.05) is 9.80 Å². The molecule has 0 saturated carbocycles. The number of aliphatic hydroxyl groups is 1. The predicted molar refractivity (Wildman–Crippen MR) is 226 cm³/mol. The summed E-state index contributed by atoms with van der Waals surface area (Å²) in [6.45, 7) is 9.49. The lowest BCUT2D eigenvalue weighted by atomic mass is 10.1. The fraction of sp³-hybridized carbons (Fsp3) is 0.684. The van der Waals surface area contributed by atoms with Crippen LogP contribution >= 0.6 is 0 Å². The molecule has 3 aromatic rings. The number of hydrogen-bond donors (Lipinski definition) is 6. The Hall–Kier alpha value is -5.45. The number of nitrogens with zero attached hydrogens (tertiary/aromatic N) is 13. The SMILES string of the molecule is C#CCOCCOCCOCCNc1nc(N2CCN(C(=O)Cn3cc(CCC[NH+]=C(N)N)nn3)CC2)nc(N2CCN(C(=O)C(C(C)O)n3cc(CCCC[NH3+])nn3)CC2)n1.[Cl-]. The summed E-state index contributed by atoms with van der Waals surface area (Å²) < 4.78 is 19.5. The van der Waals surface area contributed by atoms with E-state index in [1.165, 1.54) is 4.68 Å². The van der Waals surface area contributed by atoms with Gasteiger partial charge >= 0.3 is 5.96 Å². The normalized spacial score (nSPS) is 15.1. The highest BCUT2D eigenvalue weighted by molar-refractivity contribution is 5.81. The zero-order valence-electron chi connectivity index (χ0n) is 36.2. The third-order valence-electron chi connectivity index (χ3n) is 10.2. The number of guanidine groups is 1. The number of amides is 2. The second-order valence-corrected chi connectivity index (χ2v) is 14.9. The number of piperazine rings is 2. The summed E-state index contributed by atoms with van der Waals surface area (Å²) >= 11 is 0. The maximum Gasteiger partial charge on any atom is 0.338 e. The van der Waals surface area contributed by atoms with Gasteiger partial charge in [-0.05, 0) is 39.0 Å². The Kier molecular flexibility index (Phi) is 21.4. The molecule has 24 nitrogen and oxygen atoms in total. The minimum absolute atomic E-state index is 0. The van der Waals surface area contributed by atoms with Crippen LogP contribution in [0.4, 0.5) is 17.8 Å². The van der Waals surface area contributed by atoms with Crippen molar-refractivity contribution in [3.8, 4) is 12.3 Å². The van der Waals surface area contributed by atoms with Gasteiger partial charge in [-0.15, -0.1) is 16.6 Å². The molecule has 0 aromatic carbocycles. The van der Waals surface area contributed by atoms with Crippen LogP contribution in [0.1, 0.15) is 43.6 Å². The number of halogens is 1. The fourth-order valence-corrected chi connectivity index (χ4v) is 6.85. The molecule has 348 valence electrons. The maximum absolute atomic E-state index is 13.8. The number of hydrogen-bond acceptors (Lipinski definition) is 16. The van der Waals surface area contributed by atoms with E-state index in [2.05, 4.69) is 42.6 Å². The molecule has 2 fully saturated rings. The third kappa shape index (κ3) is 16.3. The van der Waals surface area contributed by atoms with Gasteiger partial charge in [0, 0.05) is 71.3 Å². The smallest absolute Gasteiger partial charge is 0.338 e. The third-order valence-corrected chi connectivity index (χ3v) is 10.2. The number of anilines is 3. The van der Waals surface area contributed by atoms with E-state index in [0.717, 1.165) is 43.6 Å².